The second-order valence-corrected chi connectivity index (χ2v) is 6.47. The molecule has 5 heteroatoms. The highest BCUT2D eigenvalue weighted by Gasteiger charge is 2.15. The molecule has 1 aromatic heterocycles. The van der Waals surface area contributed by atoms with Gasteiger partial charge in [-0.15, -0.1) is 0 Å². The predicted molar refractivity (Wildman–Crippen MR) is 87.9 cm³/mol. The van der Waals surface area contributed by atoms with Gasteiger partial charge in [-0.25, -0.2) is 4.79 Å². The summed E-state index contributed by atoms with van der Waals surface area (Å²) in [6.45, 7) is 6.31. The summed E-state index contributed by atoms with van der Waals surface area (Å²) in [5.74, 6) is 0. The van der Waals surface area contributed by atoms with Crippen molar-refractivity contribution >= 4 is 28.8 Å². The maximum atomic E-state index is 11.6. The van der Waals surface area contributed by atoms with Gasteiger partial charge >= 0.3 is 6.09 Å². The van der Waals surface area contributed by atoms with E-state index < -0.39 is 11.7 Å². The van der Waals surface area contributed by atoms with Crippen LogP contribution in [0.25, 0.3) is 0 Å². The summed E-state index contributed by atoms with van der Waals surface area (Å²) in [4.78, 5) is 11.6. The Hall–Kier alpha value is -2.01. The molecule has 1 amide bonds. The molecule has 2 aromatic rings. The van der Waals surface area contributed by atoms with Gasteiger partial charge in [-0.3, -0.25) is 5.32 Å². The molecule has 0 bridgehead atoms. The molecule has 1 heterocycles. The Labute approximate surface area is 129 Å². The summed E-state index contributed by atoms with van der Waals surface area (Å²) < 4.78 is 5.20. The van der Waals surface area contributed by atoms with Gasteiger partial charge in [-0.1, -0.05) is 0 Å². The molecular weight excluding hydrogens is 284 g/mol. The van der Waals surface area contributed by atoms with Gasteiger partial charge in [0.15, 0.2) is 0 Å². The summed E-state index contributed by atoms with van der Waals surface area (Å²) in [6.07, 6.45) is -0.443. The second kappa shape index (κ2) is 6.63. The van der Waals surface area contributed by atoms with Gasteiger partial charge in [-0.2, -0.15) is 11.3 Å². The van der Waals surface area contributed by atoms with Crippen LogP contribution in [-0.2, 0) is 11.3 Å². The zero-order chi connectivity index (χ0) is 15.3. The van der Waals surface area contributed by atoms with E-state index >= 15 is 0 Å². The molecule has 0 saturated heterocycles. The van der Waals surface area contributed by atoms with Crippen LogP contribution in [0.1, 0.15) is 26.3 Å². The maximum Gasteiger partial charge on any atom is 0.412 e. The Morgan fingerprint density at radius 1 is 1.14 bits per heavy atom. The maximum absolute atomic E-state index is 11.6. The average molecular weight is 304 g/mol. The number of nitrogens with one attached hydrogen (secondary N) is 2. The van der Waals surface area contributed by atoms with Crippen molar-refractivity contribution in [1.29, 1.82) is 0 Å². The van der Waals surface area contributed by atoms with E-state index in [0.717, 1.165) is 12.2 Å². The lowest BCUT2D eigenvalue weighted by Crippen LogP contribution is -2.27. The van der Waals surface area contributed by atoms with Crippen molar-refractivity contribution in [3.63, 3.8) is 0 Å². The zero-order valence-corrected chi connectivity index (χ0v) is 13.3. The fraction of sp³-hybridized carbons (Fsp3) is 0.312. The van der Waals surface area contributed by atoms with Gasteiger partial charge < -0.3 is 10.1 Å². The smallest absolute Gasteiger partial charge is 0.412 e. The number of carbonyl (C=O) groups excluding carboxylic acids is 1. The third-order valence-corrected chi connectivity index (χ3v) is 3.34. The Kier molecular flexibility index (Phi) is 4.85. The lowest BCUT2D eigenvalue weighted by atomic mass is 10.2. The van der Waals surface area contributed by atoms with Gasteiger partial charge in [0.1, 0.15) is 5.60 Å². The molecule has 0 fully saturated rings. The third-order valence-electron chi connectivity index (χ3n) is 2.61. The number of hydrogen-bond acceptors (Lipinski definition) is 4. The van der Waals surface area contributed by atoms with E-state index in [1.54, 1.807) is 11.3 Å². The Morgan fingerprint density at radius 3 is 2.38 bits per heavy atom. The largest absolute Gasteiger partial charge is 0.444 e. The third kappa shape index (κ3) is 5.47. The first-order valence-electron chi connectivity index (χ1n) is 6.77. The number of benzene rings is 1. The average Bonchev–Trinajstić information content (AvgIpc) is 2.89. The molecule has 0 atom stereocenters. The summed E-state index contributed by atoms with van der Waals surface area (Å²) in [6, 6.07) is 9.65. The Balaban J connectivity index is 1.85. The number of carbonyl (C=O) groups is 1. The predicted octanol–water partition coefficient (Wildman–Crippen LogP) is 4.71. The molecule has 21 heavy (non-hydrogen) atoms. The van der Waals surface area contributed by atoms with Crippen LogP contribution in [0.4, 0.5) is 16.2 Å². The van der Waals surface area contributed by atoms with Crippen molar-refractivity contribution in [2.75, 3.05) is 10.6 Å². The van der Waals surface area contributed by atoms with Crippen LogP contribution >= 0.6 is 11.3 Å². The molecule has 0 radical (unpaired) electrons. The lowest BCUT2D eigenvalue weighted by Gasteiger charge is -2.19. The van der Waals surface area contributed by atoms with E-state index in [9.17, 15) is 4.79 Å². The van der Waals surface area contributed by atoms with Gasteiger partial charge in [0.05, 0.1) is 0 Å². The Morgan fingerprint density at radius 2 is 1.81 bits per heavy atom. The molecule has 2 rings (SSSR count). The number of amides is 1. The molecule has 0 unspecified atom stereocenters. The fourth-order valence-electron chi connectivity index (χ4n) is 1.69. The van der Waals surface area contributed by atoms with Crippen LogP contribution < -0.4 is 10.6 Å². The topological polar surface area (TPSA) is 50.4 Å². The number of thiophene rings is 1. The van der Waals surface area contributed by atoms with Crippen LogP contribution in [-0.4, -0.2) is 11.7 Å². The van der Waals surface area contributed by atoms with Crippen molar-refractivity contribution < 1.29 is 9.53 Å². The molecule has 0 aliphatic heterocycles. The standard InChI is InChI=1S/C16H20N2O2S/c1-16(2,3)20-15(19)18-14-6-4-13(5-7-14)17-10-12-8-9-21-11-12/h4-9,11,17H,10H2,1-3H3,(H,18,19). The quantitative estimate of drug-likeness (QED) is 0.860. The van der Waals surface area contributed by atoms with Gasteiger partial charge in [0, 0.05) is 17.9 Å². The molecule has 0 spiro atoms. The van der Waals surface area contributed by atoms with Gasteiger partial charge in [0.2, 0.25) is 0 Å². The first-order valence-corrected chi connectivity index (χ1v) is 7.72. The minimum atomic E-state index is -0.494. The Bertz CT molecular complexity index is 571. The van der Waals surface area contributed by atoms with Crippen molar-refractivity contribution in [2.24, 2.45) is 0 Å². The molecule has 0 saturated carbocycles. The van der Waals surface area contributed by atoms with Crippen molar-refractivity contribution in [2.45, 2.75) is 32.9 Å². The minimum Gasteiger partial charge on any atom is -0.444 e. The van der Waals surface area contributed by atoms with Crippen molar-refractivity contribution in [3.8, 4) is 0 Å². The van der Waals surface area contributed by atoms with Crippen LogP contribution in [0, 0.1) is 0 Å². The van der Waals surface area contributed by atoms with Crippen LogP contribution in [0.5, 0.6) is 0 Å². The highest BCUT2D eigenvalue weighted by Crippen LogP contribution is 2.16. The van der Waals surface area contributed by atoms with E-state index in [0.29, 0.717) is 5.69 Å². The van der Waals surface area contributed by atoms with Crippen LogP contribution in [0.3, 0.4) is 0 Å². The normalized spacial score (nSPS) is 11.0. The van der Waals surface area contributed by atoms with Gasteiger partial charge in [-0.05, 0) is 67.4 Å². The molecule has 0 aliphatic rings. The highest BCUT2D eigenvalue weighted by atomic mass is 32.1. The highest BCUT2D eigenvalue weighted by molar-refractivity contribution is 7.07. The number of rotatable bonds is 4. The first-order chi connectivity index (χ1) is 9.92. The fourth-order valence-corrected chi connectivity index (χ4v) is 2.36. The SMILES string of the molecule is CC(C)(C)OC(=O)Nc1ccc(NCc2ccsc2)cc1. The van der Waals surface area contributed by atoms with E-state index in [1.165, 1.54) is 5.56 Å². The number of ether oxygens (including phenoxy) is 1. The first kappa shape index (κ1) is 15.4. The zero-order valence-electron chi connectivity index (χ0n) is 12.5. The molecule has 1 aromatic carbocycles. The summed E-state index contributed by atoms with van der Waals surface area (Å²) >= 11 is 1.69. The molecule has 4 nitrogen and oxygen atoms in total. The molecular formula is C16H20N2O2S. The van der Waals surface area contributed by atoms with E-state index in [1.807, 2.05) is 45.0 Å². The summed E-state index contributed by atoms with van der Waals surface area (Å²) in [7, 11) is 0. The lowest BCUT2D eigenvalue weighted by molar-refractivity contribution is 0.0636. The second-order valence-electron chi connectivity index (χ2n) is 5.69. The van der Waals surface area contributed by atoms with Gasteiger partial charge in [0.25, 0.3) is 0 Å². The number of anilines is 2. The van der Waals surface area contributed by atoms with Crippen molar-refractivity contribution in [1.82, 2.24) is 0 Å². The molecule has 2 N–H and O–H groups in total. The minimum absolute atomic E-state index is 0.443. The van der Waals surface area contributed by atoms with Crippen molar-refractivity contribution in [3.05, 3.63) is 46.7 Å². The van der Waals surface area contributed by atoms with E-state index in [-0.39, 0.29) is 0 Å². The van der Waals surface area contributed by atoms with Crippen LogP contribution in [0.2, 0.25) is 0 Å². The number of hydrogen-bond donors (Lipinski definition) is 2. The van der Waals surface area contributed by atoms with E-state index in [2.05, 4.69) is 27.5 Å². The molecule has 112 valence electrons. The monoisotopic (exact) mass is 304 g/mol. The summed E-state index contributed by atoms with van der Waals surface area (Å²) in [5, 5.41) is 10.2. The molecule has 0 aliphatic carbocycles. The van der Waals surface area contributed by atoms with E-state index in [4.69, 9.17) is 4.74 Å². The summed E-state index contributed by atoms with van der Waals surface area (Å²) in [5.41, 5.74) is 2.49. The van der Waals surface area contributed by atoms with Crippen LogP contribution in [0.15, 0.2) is 41.1 Å².